The molecule has 0 saturated carbocycles. The zero-order valence-corrected chi connectivity index (χ0v) is 12.0. The third-order valence-electron chi connectivity index (χ3n) is 4.37. The largest absolute Gasteiger partial charge is 0.497 e. The van der Waals surface area contributed by atoms with E-state index in [2.05, 4.69) is 36.2 Å². The number of hydrogen-bond acceptors (Lipinski definition) is 4. The van der Waals surface area contributed by atoms with Crippen molar-refractivity contribution in [3.63, 3.8) is 0 Å². The van der Waals surface area contributed by atoms with E-state index < -0.39 is 0 Å². The highest BCUT2D eigenvalue weighted by molar-refractivity contribution is 5.48. The van der Waals surface area contributed by atoms with Crippen LogP contribution in [0.5, 0.6) is 5.75 Å². The van der Waals surface area contributed by atoms with Gasteiger partial charge in [0.1, 0.15) is 11.6 Å². The molecular formula is C15H23N3O. The lowest BCUT2D eigenvalue weighted by Crippen LogP contribution is -2.34. The third kappa shape index (κ3) is 2.29. The van der Waals surface area contributed by atoms with Crippen LogP contribution in [0, 0.1) is 5.92 Å². The van der Waals surface area contributed by atoms with Gasteiger partial charge >= 0.3 is 0 Å². The van der Waals surface area contributed by atoms with E-state index in [0.717, 1.165) is 42.8 Å². The van der Waals surface area contributed by atoms with Gasteiger partial charge in [-0.15, -0.1) is 0 Å². The van der Waals surface area contributed by atoms with Crippen molar-refractivity contribution in [1.82, 2.24) is 10.3 Å². The van der Waals surface area contributed by atoms with Crippen LogP contribution in [0.25, 0.3) is 0 Å². The fourth-order valence-corrected chi connectivity index (χ4v) is 3.21. The van der Waals surface area contributed by atoms with Gasteiger partial charge in [0.15, 0.2) is 0 Å². The van der Waals surface area contributed by atoms with Crippen molar-refractivity contribution in [3.05, 3.63) is 17.8 Å². The number of rotatable bonds is 3. The van der Waals surface area contributed by atoms with Crippen LogP contribution in [-0.2, 0) is 0 Å². The van der Waals surface area contributed by atoms with Crippen LogP contribution < -0.4 is 15.0 Å². The van der Waals surface area contributed by atoms with Gasteiger partial charge < -0.3 is 15.0 Å². The molecule has 0 radical (unpaired) electrons. The number of pyridine rings is 1. The highest BCUT2D eigenvalue weighted by Crippen LogP contribution is 2.33. The van der Waals surface area contributed by atoms with E-state index in [0.29, 0.717) is 12.0 Å². The van der Waals surface area contributed by atoms with E-state index in [-0.39, 0.29) is 0 Å². The van der Waals surface area contributed by atoms with Crippen molar-refractivity contribution in [1.29, 1.82) is 0 Å². The smallest absolute Gasteiger partial charge is 0.132 e. The second kappa shape index (κ2) is 5.00. The van der Waals surface area contributed by atoms with Crippen LogP contribution >= 0.6 is 0 Å². The number of anilines is 1. The zero-order valence-electron chi connectivity index (χ0n) is 12.0. The number of ether oxygens (including phenoxy) is 1. The van der Waals surface area contributed by atoms with E-state index in [1.807, 2.05) is 0 Å². The lowest BCUT2D eigenvalue weighted by Gasteiger charge is -2.25. The molecule has 19 heavy (non-hydrogen) atoms. The zero-order chi connectivity index (χ0) is 13.4. The third-order valence-corrected chi connectivity index (χ3v) is 4.37. The first kappa shape index (κ1) is 12.7. The quantitative estimate of drug-likeness (QED) is 0.903. The van der Waals surface area contributed by atoms with Crippen LogP contribution in [-0.4, -0.2) is 37.8 Å². The topological polar surface area (TPSA) is 37.4 Å². The molecule has 1 aromatic heterocycles. The number of nitrogens with zero attached hydrogens (tertiary/aromatic N) is 2. The predicted octanol–water partition coefficient (Wildman–Crippen LogP) is 2.01. The van der Waals surface area contributed by atoms with Crippen molar-refractivity contribution in [2.45, 2.75) is 32.2 Å². The minimum absolute atomic E-state index is 0.425. The van der Waals surface area contributed by atoms with Gasteiger partial charge in [0, 0.05) is 43.5 Å². The molecule has 2 atom stereocenters. The molecule has 104 valence electrons. The van der Waals surface area contributed by atoms with E-state index >= 15 is 0 Å². The van der Waals surface area contributed by atoms with E-state index in [4.69, 9.17) is 9.72 Å². The van der Waals surface area contributed by atoms with Crippen molar-refractivity contribution in [2.75, 3.05) is 31.6 Å². The molecule has 3 heterocycles. The lowest BCUT2D eigenvalue weighted by molar-refractivity contribution is 0.413. The normalized spacial score (nSPS) is 26.0. The number of fused-ring (bicyclic) bond motifs is 1. The van der Waals surface area contributed by atoms with Gasteiger partial charge in [-0.1, -0.05) is 13.8 Å². The maximum Gasteiger partial charge on any atom is 0.132 e. The van der Waals surface area contributed by atoms with Gasteiger partial charge in [0.25, 0.3) is 0 Å². The molecule has 0 amide bonds. The minimum atomic E-state index is 0.425. The number of aromatic nitrogens is 1. The summed E-state index contributed by atoms with van der Waals surface area (Å²) in [6.45, 7) is 7.71. The second-order valence-electron chi connectivity index (χ2n) is 5.91. The van der Waals surface area contributed by atoms with Crippen molar-refractivity contribution < 1.29 is 4.74 Å². The van der Waals surface area contributed by atoms with Gasteiger partial charge in [-0.3, -0.25) is 0 Å². The molecule has 2 aliphatic rings. The van der Waals surface area contributed by atoms with Gasteiger partial charge in [0.2, 0.25) is 0 Å². The molecule has 4 heteroatoms. The fourth-order valence-electron chi connectivity index (χ4n) is 3.21. The molecule has 0 bridgehead atoms. The van der Waals surface area contributed by atoms with Gasteiger partial charge in [-0.25, -0.2) is 4.98 Å². The van der Waals surface area contributed by atoms with Crippen LogP contribution in [0.3, 0.4) is 0 Å². The van der Waals surface area contributed by atoms with Crippen LogP contribution in [0.4, 0.5) is 5.82 Å². The van der Waals surface area contributed by atoms with Crippen LogP contribution in [0.15, 0.2) is 12.1 Å². The maximum atomic E-state index is 5.43. The van der Waals surface area contributed by atoms with Gasteiger partial charge in [-0.05, 0) is 18.3 Å². The Kier molecular flexibility index (Phi) is 3.35. The lowest BCUT2D eigenvalue weighted by atomic mass is 10.1. The predicted molar refractivity (Wildman–Crippen MR) is 77.0 cm³/mol. The summed E-state index contributed by atoms with van der Waals surface area (Å²) in [4.78, 5) is 7.30. The number of hydrogen-bond donors (Lipinski definition) is 1. The summed E-state index contributed by atoms with van der Waals surface area (Å²) in [5, 5.41) is 3.49. The number of nitrogens with one attached hydrogen (secondary N) is 1. The first-order valence-electron chi connectivity index (χ1n) is 7.22. The molecule has 0 aromatic carbocycles. The molecule has 2 saturated heterocycles. The molecule has 0 spiro atoms. The van der Waals surface area contributed by atoms with Crippen LogP contribution in [0.2, 0.25) is 0 Å². The molecular weight excluding hydrogens is 238 g/mol. The minimum Gasteiger partial charge on any atom is -0.497 e. The maximum absolute atomic E-state index is 5.43. The first-order valence-corrected chi connectivity index (χ1v) is 7.22. The Labute approximate surface area is 115 Å². The summed E-state index contributed by atoms with van der Waals surface area (Å²) >= 11 is 0. The Morgan fingerprint density at radius 2 is 2.21 bits per heavy atom. The van der Waals surface area contributed by atoms with Gasteiger partial charge in [0.05, 0.1) is 7.11 Å². The highest BCUT2D eigenvalue weighted by Gasteiger charge is 2.38. The average Bonchev–Trinajstić information content (AvgIpc) is 3.00. The van der Waals surface area contributed by atoms with Gasteiger partial charge in [-0.2, -0.15) is 0 Å². The summed E-state index contributed by atoms with van der Waals surface area (Å²) in [7, 11) is 1.73. The highest BCUT2D eigenvalue weighted by atomic mass is 16.5. The van der Waals surface area contributed by atoms with E-state index in [1.54, 1.807) is 7.11 Å². The Morgan fingerprint density at radius 1 is 1.37 bits per heavy atom. The summed E-state index contributed by atoms with van der Waals surface area (Å²) in [6.07, 6.45) is 1.27. The summed E-state index contributed by atoms with van der Waals surface area (Å²) in [6, 6.07) is 4.74. The number of methoxy groups -OCH3 is 1. The van der Waals surface area contributed by atoms with E-state index in [9.17, 15) is 0 Å². The Balaban J connectivity index is 1.93. The van der Waals surface area contributed by atoms with Crippen LogP contribution in [0.1, 0.15) is 31.9 Å². The SMILES string of the molecule is COc1cc(C(C)C)nc(N2CCC3CNCC32)c1. The summed E-state index contributed by atoms with van der Waals surface area (Å²) < 4.78 is 5.43. The summed E-state index contributed by atoms with van der Waals surface area (Å²) in [5.41, 5.74) is 1.11. The Hall–Kier alpha value is -1.29. The van der Waals surface area contributed by atoms with Crippen molar-refractivity contribution >= 4 is 5.82 Å². The van der Waals surface area contributed by atoms with Crippen molar-refractivity contribution in [3.8, 4) is 5.75 Å². The molecule has 4 nitrogen and oxygen atoms in total. The molecule has 1 aromatic rings. The Bertz CT molecular complexity index is 461. The standard InChI is InChI=1S/C15H23N3O/c1-10(2)13-6-12(19-3)7-15(17-13)18-5-4-11-8-16-9-14(11)18/h6-7,10-11,14,16H,4-5,8-9H2,1-3H3. The second-order valence-corrected chi connectivity index (χ2v) is 5.91. The van der Waals surface area contributed by atoms with Crippen molar-refractivity contribution in [2.24, 2.45) is 5.92 Å². The fraction of sp³-hybridized carbons (Fsp3) is 0.667. The monoisotopic (exact) mass is 261 g/mol. The van der Waals surface area contributed by atoms with E-state index in [1.165, 1.54) is 6.42 Å². The molecule has 3 rings (SSSR count). The molecule has 1 N–H and O–H groups in total. The molecule has 2 fully saturated rings. The summed E-state index contributed by atoms with van der Waals surface area (Å²) in [5.74, 6) is 3.21. The molecule has 2 aliphatic heterocycles. The Morgan fingerprint density at radius 3 is 2.95 bits per heavy atom. The molecule has 0 aliphatic carbocycles. The average molecular weight is 261 g/mol. The molecule has 2 unspecified atom stereocenters. The first-order chi connectivity index (χ1) is 9.19.